The lowest BCUT2D eigenvalue weighted by molar-refractivity contribution is -0.167. The topological polar surface area (TPSA) is 78.9 Å². The van der Waals surface area contributed by atoms with Crippen molar-refractivity contribution in [1.29, 1.82) is 0 Å². The van der Waals surface area contributed by atoms with E-state index in [-0.39, 0.29) is 31.1 Å². The normalized spacial score (nSPS) is 13.3. The first kappa shape index (κ1) is 57.5. The number of carbonyl (C=O) groups excluding carboxylic acids is 3. The van der Waals surface area contributed by atoms with Crippen LogP contribution < -0.4 is 0 Å². The fourth-order valence-corrected chi connectivity index (χ4v) is 6.04. The molecule has 0 aliphatic heterocycles. The summed E-state index contributed by atoms with van der Waals surface area (Å²) in [6, 6.07) is 0. The highest BCUT2D eigenvalue weighted by Gasteiger charge is 2.19. The first-order valence-electron chi connectivity index (χ1n) is 24.3. The molecule has 0 aliphatic carbocycles. The Morgan fingerprint density at radius 3 is 1.10 bits per heavy atom. The third kappa shape index (κ3) is 46.6. The van der Waals surface area contributed by atoms with E-state index in [1.54, 1.807) is 0 Å². The molecule has 0 bridgehead atoms. The van der Waals surface area contributed by atoms with Gasteiger partial charge in [-0.05, 0) is 83.5 Å². The maximum atomic E-state index is 12.8. The fraction of sp³-hybridized carbons (Fsp3) is 0.554. The number of rotatable bonds is 41. The monoisotopic (exact) mass is 855 g/mol. The number of allylic oxidation sites excluding steroid dienone is 22. The van der Waals surface area contributed by atoms with Gasteiger partial charge >= 0.3 is 17.9 Å². The van der Waals surface area contributed by atoms with Crippen LogP contribution in [0.4, 0.5) is 0 Å². The molecule has 0 aromatic heterocycles. The summed E-state index contributed by atoms with van der Waals surface area (Å²) in [7, 11) is 0. The zero-order valence-electron chi connectivity index (χ0n) is 39.3. The molecule has 0 rings (SSSR count). The van der Waals surface area contributed by atoms with Crippen LogP contribution in [0, 0.1) is 0 Å². The summed E-state index contributed by atoms with van der Waals surface area (Å²) in [5, 5.41) is 0. The quantitative estimate of drug-likeness (QED) is 0.0200. The molecular weight excluding hydrogens is 769 g/mol. The van der Waals surface area contributed by atoms with Crippen LogP contribution in [-0.2, 0) is 28.6 Å². The first-order chi connectivity index (χ1) is 30.5. The van der Waals surface area contributed by atoms with Crippen molar-refractivity contribution in [3.05, 3.63) is 134 Å². The van der Waals surface area contributed by atoms with Crippen molar-refractivity contribution in [2.45, 2.75) is 187 Å². The van der Waals surface area contributed by atoms with Crippen LogP contribution in [0.15, 0.2) is 134 Å². The van der Waals surface area contributed by atoms with Gasteiger partial charge in [0.1, 0.15) is 13.2 Å². The van der Waals surface area contributed by atoms with E-state index in [0.717, 1.165) is 122 Å². The average molecular weight is 855 g/mol. The van der Waals surface area contributed by atoms with E-state index in [1.165, 1.54) is 19.3 Å². The zero-order chi connectivity index (χ0) is 45.1. The Labute approximate surface area is 379 Å². The fourth-order valence-electron chi connectivity index (χ4n) is 6.04. The lowest BCUT2D eigenvalue weighted by Crippen LogP contribution is -2.30. The maximum absolute atomic E-state index is 12.8. The molecule has 0 aliphatic rings. The molecule has 0 saturated heterocycles. The third-order valence-corrected chi connectivity index (χ3v) is 9.60. The van der Waals surface area contributed by atoms with Gasteiger partial charge in [-0.25, -0.2) is 0 Å². The van der Waals surface area contributed by atoms with Gasteiger partial charge in [-0.3, -0.25) is 14.4 Å². The molecule has 0 amide bonds. The van der Waals surface area contributed by atoms with Crippen LogP contribution >= 0.6 is 0 Å². The summed E-state index contributed by atoms with van der Waals surface area (Å²) >= 11 is 0. The van der Waals surface area contributed by atoms with E-state index in [4.69, 9.17) is 14.2 Å². The highest BCUT2D eigenvalue weighted by molar-refractivity contribution is 5.71. The number of hydrogen-bond donors (Lipinski definition) is 0. The molecule has 0 fully saturated rings. The zero-order valence-corrected chi connectivity index (χ0v) is 39.3. The van der Waals surface area contributed by atoms with Crippen LogP contribution in [0.5, 0.6) is 0 Å². The Morgan fingerprint density at radius 1 is 0.339 bits per heavy atom. The summed E-state index contributed by atoms with van der Waals surface area (Å²) in [5.41, 5.74) is 0. The van der Waals surface area contributed by atoms with Crippen molar-refractivity contribution in [2.75, 3.05) is 13.2 Å². The van der Waals surface area contributed by atoms with E-state index in [9.17, 15) is 14.4 Å². The van der Waals surface area contributed by atoms with Gasteiger partial charge in [0.15, 0.2) is 6.10 Å². The average Bonchev–Trinajstić information content (AvgIpc) is 3.27. The number of esters is 3. The van der Waals surface area contributed by atoms with Gasteiger partial charge in [-0.15, -0.1) is 0 Å². The molecule has 1 atom stereocenters. The molecule has 1 unspecified atom stereocenters. The molecule has 0 heterocycles. The Hall–Kier alpha value is -4.45. The molecular formula is C56H86O6. The standard InChI is InChI=1S/C56H86O6/c1-4-7-10-13-16-19-22-25-27-28-30-31-34-37-40-43-46-49-55(58)61-52-53(51-60-54(57)48-45-42-39-36-33-24-21-18-15-12-9-6-3)62-56(59)50-47-44-41-38-35-32-29-26-23-20-17-14-11-8-5-2/h7-14,16-23,25,27-28,30-31,34,53H,4-6,15,24,26,29,32-33,35-52H2,1-3H3/b10-7-,11-8-,12-9-,16-13-,17-14-,21-18-,22-19-,23-20-,27-25-,30-28+,34-31-. The highest BCUT2D eigenvalue weighted by Crippen LogP contribution is 2.13. The lowest BCUT2D eigenvalue weighted by atomic mass is 10.1. The van der Waals surface area contributed by atoms with E-state index in [1.807, 2.05) is 60.8 Å². The van der Waals surface area contributed by atoms with Crippen LogP contribution in [0.1, 0.15) is 181 Å². The second-order valence-electron chi connectivity index (χ2n) is 15.4. The van der Waals surface area contributed by atoms with Gasteiger partial charge in [-0.2, -0.15) is 0 Å². The maximum Gasteiger partial charge on any atom is 0.306 e. The van der Waals surface area contributed by atoms with Gasteiger partial charge in [-0.1, -0.05) is 212 Å². The summed E-state index contributed by atoms with van der Waals surface area (Å²) in [6.07, 6.45) is 68.6. The van der Waals surface area contributed by atoms with Crippen molar-refractivity contribution >= 4 is 17.9 Å². The predicted molar refractivity (Wildman–Crippen MR) is 265 cm³/mol. The summed E-state index contributed by atoms with van der Waals surface area (Å²) in [5.74, 6) is -0.994. The van der Waals surface area contributed by atoms with E-state index < -0.39 is 6.10 Å². The largest absolute Gasteiger partial charge is 0.462 e. The molecule has 0 radical (unpaired) electrons. The summed E-state index contributed by atoms with van der Waals surface area (Å²) in [6.45, 7) is 6.16. The highest BCUT2D eigenvalue weighted by atomic mass is 16.6. The molecule has 346 valence electrons. The molecule has 0 saturated carbocycles. The minimum absolute atomic E-state index is 0.111. The van der Waals surface area contributed by atoms with Crippen molar-refractivity contribution in [1.82, 2.24) is 0 Å². The van der Waals surface area contributed by atoms with Crippen LogP contribution in [-0.4, -0.2) is 37.2 Å². The second kappa shape index (κ2) is 49.2. The molecule has 62 heavy (non-hydrogen) atoms. The Kier molecular flexibility index (Phi) is 45.7. The number of unbranched alkanes of at least 4 members (excludes halogenated alkanes) is 15. The Morgan fingerprint density at radius 2 is 0.661 bits per heavy atom. The van der Waals surface area contributed by atoms with Crippen molar-refractivity contribution in [2.24, 2.45) is 0 Å². The minimum atomic E-state index is -0.813. The SMILES string of the molecule is CC\C=C/C=C\C=C/C=C\C=C\C=C/CCCCCC(=O)OCC(COC(=O)CCCCCCC/C=C\C/C=C\CC)OC(=O)CCCCCCCCC\C=C/C=C\C=C/CC. The first-order valence-corrected chi connectivity index (χ1v) is 24.3. The van der Waals surface area contributed by atoms with Crippen LogP contribution in [0.25, 0.3) is 0 Å². The van der Waals surface area contributed by atoms with E-state index in [2.05, 4.69) is 93.7 Å². The van der Waals surface area contributed by atoms with Crippen molar-refractivity contribution in [3.8, 4) is 0 Å². The van der Waals surface area contributed by atoms with Gasteiger partial charge in [0.05, 0.1) is 0 Å². The van der Waals surface area contributed by atoms with Crippen molar-refractivity contribution in [3.63, 3.8) is 0 Å². The van der Waals surface area contributed by atoms with Gasteiger partial charge < -0.3 is 14.2 Å². The minimum Gasteiger partial charge on any atom is -0.462 e. The molecule has 6 nitrogen and oxygen atoms in total. The van der Waals surface area contributed by atoms with Gasteiger partial charge in [0.25, 0.3) is 0 Å². The Balaban J connectivity index is 4.55. The van der Waals surface area contributed by atoms with Crippen LogP contribution in [0.2, 0.25) is 0 Å². The molecule has 0 aromatic rings. The third-order valence-electron chi connectivity index (χ3n) is 9.60. The smallest absolute Gasteiger partial charge is 0.306 e. The number of carbonyl (C=O) groups is 3. The van der Waals surface area contributed by atoms with Gasteiger partial charge in [0, 0.05) is 19.3 Å². The van der Waals surface area contributed by atoms with Crippen molar-refractivity contribution < 1.29 is 28.6 Å². The molecule has 0 N–H and O–H groups in total. The van der Waals surface area contributed by atoms with E-state index in [0.29, 0.717) is 19.3 Å². The molecule has 0 aromatic carbocycles. The van der Waals surface area contributed by atoms with Gasteiger partial charge in [0.2, 0.25) is 0 Å². The number of hydrogen-bond acceptors (Lipinski definition) is 6. The predicted octanol–water partition coefficient (Wildman–Crippen LogP) is 15.9. The van der Waals surface area contributed by atoms with E-state index >= 15 is 0 Å². The second-order valence-corrected chi connectivity index (χ2v) is 15.4. The Bertz CT molecular complexity index is 1400. The summed E-state index contributed by atoms with van der Waals surface area (Å²) < 4.78 is 16.7. The molecule has 6 heteroatoms. The molecule has 0 spiro atoms. The lowest BCUT2D eigenvalue weighted by Gasteiger charge is -2.18. The van der Waals surface area contributed by atoms with Crippen LogP contribution in [0.3, 0.4) is 0 Å². The summed E-state index contributed by atoms with van der Waals surface area (Å²) in [4.78, 5) is 37.9. The number of ether oxygens (including phenoxy) is 3.